The van der Waals surface area contributed by atoms with Crippen molar-refractivity contribution in [1.29, 1.82) is 0 Å². The van der Waals surface area contributed by atoms with Crippen LogP contribution in [-0.2, 0) is 0 Å². The van der Waals surface area contributed by atoms with Crippen LogP contribution < -0.4 is 10.6 Å². The van der Waals surface area contributed by atoms with Crippen LogP contribution in [0.3, 0.4) is 0 Å². The molecule has 0 aromatic carbocycles. The molecule has 0 aliphatic carbocycles. The van der Waals surface area contributed by atoms with Gasteiger partial charge in [-0.25, -0.2) is 0 Å². The van der Waals surface area contributed by atoms with Crippen LogP contribution >= 0.6 is 0 Å². The van der Waals surface area contributed by atoms with Crippen LogP contribution in [0.15, 0.2) is 0 Å². The van der Waals surface area contributed by atoms with E-state index >= 15 is 0 Å². The Morgan fingerprint density at radius 1 is 0.875 bits per heavy atom. The fourth-order valence-electron chi connectivity index (χ4n) is 2.16. The van der Waals surface area contributed by atoms with E-state index in [0.29, 0.717) is 6.54 Å². The van der Waals surface area contributed by atoms with Gasteiger partial charge in [0.05, 0.1) is 13.1 Å². The predicted octanol–water partition coefficient (Wildman–Crippen LogP) is -0.220. The highest BCUT2D eigenvalue weighted by Gasteiger charge is 2.42. The molecule has 0 radical (unpaired) electrons. The standard InChI is InChI=1S/C14H30N4O6/c1-5-13(10-19,17(21)22)8-15-7-12(3,4)16-9-14(6-2,11-20)18(23)24/h15-16,19-20H,5-11H2,1-4H3. The van der Waals surface area contributed by atoms with Gasteiger partial charge in [0.1, 0.15) is 13.2 Å². The number of nitrogens with one attached hydrogen (secondary N) is 2. The highest BCUT2D eigenvalue weighted by atomic mass is 16.6. The Labute approximate surface area is 141 Å². The molecule has 0 aromatic heterocycles. The monoisotopic (exact) mass is 350 g/mol. The average Bonchev–Trinajstić information content (AvgIpc) is 2.52. The Bertz CT molecular complexity index is 421. The van der Waals surface area contributed by atoms with Gasteiger partial charge in [0.15, 0.2) is 0 Å². The van der Waals surface area contributed by atoms with Gasteiger partial charge in [-0.3, -0.25) is 20.2 Å². The third-order valence-corrected chi connectivity index (χ3v) is 4.60. The fraction of sp³-hybridized carbons (Fsp3) is 1.00. The van der Waals surface area contributed by atoms with Gasteiger partial charge < -0.3 is 20.8 Å². The Balaban J connectivity index is 4.71. The summed E-state index contributed by atoms with van der Waals surface area (Å²) >= 11 is 0. The molecular formula is C14H30N4O6. The molecule has 0 spiro atoms. The normalized spacial score (nSPS) is 17.1. The molecule has 0 bridgehead atoms. The molecule has 24 heavy (non-hydrogen) atoms. The minimum absolute atomic E-state index is 0.00767. The van der Waals surface area contributed by atoms with E-state index in [1.807, 2.05) is 0 Å². The van der Waals surface area contributed by atoms with Crippen LogP contribution in [0.4, 0.5) is 0 Å². The number of aliphatic hydroxyl groups is 2. The maximum Gasteiger partial charge on any atom is 0.256 e. The fourth-order valence-corrected chi connectivity index (χ4v) is 2.16. The van der Waals surface area contributed by atoms with E-state index < -0.39 is 39.7 Å². The second-order valence-corrected chi connectivity index (χ2v) is 6.83. The number of hydrogen-bond donors (Lipinski definition) is 4. The molecule has 10 nitrogen and oxygen atoms in total. The molecule has 142 valence electrons. The van der Waals surface area contributed by atoms with Gasteiger partial charge in [-0.05, 0) is 13.8 Å². The molecular weight excluding hydrogens is 320 g/mol. The maximum absolute atomic E-state index is 11.2. The summed E-state index contributed by atoms with van der Waals surface area (Å²) in [6.07, 6.45) is 0.361. The number of rotatable bonds is 13. The summed E-state index contributed by atoms with van der Waals surface area (Å²) < 4.78 is 0. The number of nitrogens with zero attached hydrogens (tertiary/aromatic N) is 2. The zero-order valence-corrected chi connectivity index (χ0v) is 14.9. The first-order valence-electron chi connectivity index (χ1n) is 8.01. The number of hydrogen-bond acceptors (Lipinski definition) is 8. The first-order chi connectivity index (χ1) is 11.0. The first kappa shape index (κ1) is 22.6. The van der Waals surface area contributed by atoms with E-state index in [1.54, 1.807) is 27.7 Å². The van der Waals surface area contributed by atoms with E-state index in [0.717, 1.165) is 0 Å². The summed E-state index contributed by atoms with van der Waals surface area (Å²) in [7, 11) is 0. The highest BCUT2D eigenvalue weighted by molar-refractivity contribution is 4.89. The van der Waals surface area contributed by atoms with Crippen molar-refractivity contribution in [1.82, 2.24) is 10.6 Å². The molecule has 0 aromatic rings. The molecule has 0 fully saturated rings. The van der Waals surface area contributed by atoms with Gasteiger partial charge in [-0.2, -0.15) is 0 Å². The molecule has 2 atom stereocenters. The summed E-state index contributed by atoms with van der Waals surface area (Å²) in [5.41, 5.74) is -3.47. The third kappa shape index (κ3) is 5.62. The molecule has 0 heterocycles. The summed E-state index contributed by atoms with van der Waals surface area (Å²) in [5, 5.41) is 47.0. The van der Waals surface area contributed by atoms with Crippen molar-refractivity contribution in [2.45, 2.75) is 57.2 Å². The Kier molecular flexibility index (Phi) is 8.69. The highest BCUT2D eigenvalue weighted by Crippen LogP contribution is 2.16. The minimum Gasteiger partial charge on any atom is -0.389 e. The summed E-state index contributed by atoms with van der Waals surface area (Å²) in [6, 6.07) is 0. The van der Waals surface area contributed by atoms with Gasteiger partial charge in [0.2, 0.25) is 0 Å². The van der Waals surface area contributed by atoms with Crippen molar-refractivity contribution < 1.29 is 20.1 Å². The third-order valence-electron chi connectivity index (χ3n) is 4.60. The Hall–Kier alpha value is -1.36. The van der Waals surface area contributed by atoms with E-state index in [1.165, 1.54) is 0 Å². The van der Waals surface area contributed by atoms with E-state index in [-0.39, 0.29) is 25.9 Å². The molecule has 0 saturated heterocycles. The Morgan fingerprint density at radius 2 is 1.29 bits per heavy atom. The van der Waals surface area contributed by atoms with Crippen molar-refractivity contribution in [2.75, 3.05) is 32.8 Å². The molecule has 0 rings (SSSR count). The van der Waals surface area contributed by atoms with E-state index in [2.05, 4.69) is 10.6 Å². The molecule has 2 unspecified atom stereocenters. The van der Waals surface area contributed by atoms with Crippen molar-refractivity contribution >= 4 is 0 Å². The predicted molar refractivity (Wildman–Crippen MR) is 89.2 cm³/mol. The van der Waals surface area contributed by atoms with Gasteiger partial charge in [0, 0.05) is 34.8 Å². The molecule has 0 aliphatic heterocycles. The van der Waals surface area contributed by atoms with Crippen LogP contribution in [0, 0.1) is 20.2 Å². The average molecular weight is 350 g/mol. The van der Waals surface area contributed by atoms with E-state index in [9.17, 15) is 30.4 Å². The zero-order valence-electron chi connectivity index (χ0n) is 14.9. The minimum atomic E-state index is -1.45. The molecule has 10 heteroatoms. The van der Waals surface area contributed by atoms with Crippen molar-refractivity contribution in [2.24, 2.45) is 0 Å². The van der Waals surface area contributed by atoms with Crippen molar-refractivity contribution in [3.05, 3.63) is 20.2 Å². The van der Waals surface area contributed by atoms with Crippen LogP contribution in [0.25, 0.3) is 0 Å². The summed E-state index contributed by atoms with van der Waals surface area (Å²) in [4.78, 5) is 21.4. The molecule has 4 N–H and O–H groups in total. The summed E-state index contributed by atoms with van der Waals surface area (Å²) in [6.45, 7) is 6.03. The molecule has 0 amide bonds. The topological polar surface area (TPSA) is 151 Å². The van der Waals surface area contributed by atoms with Crippen LogP contribution in [0.5, 0.6) is 0 Å². The first-order valence-corrected chi connectivity index (χ1v) is 8.01. The SMILES string of the molecule is CCC(CO)(CNCC(C)(C)NCC(CC)(CO)[N+](=O)[O-])[N+](=O)[O-]. The second kappa shape index (κ2) is 9.21. The molecule has 0 saturated carbocycles. The smallest absolute Gasteiger partial charge is 0.256 e. The van der Waals surface area contributed by atoms with Gasteiger partial charge in [0.25, 0.3) is 11.1 Å². The summed E-state index contributed by atoms with van der Waals surface area (Å²) in [5.74, 6) is 0. The van der Waals surface area contributed by atoms with Gasteiger partial charge in [-0.1, -0.05) is 13.8 Å². The number of aliphatic hydroxyl groups excluding tert-OH is 2. The number of nitro groups is 2. The lowest BCUT2D eigenvalue weighted by Crippen LogP contribution is -2.59. The lowest BCUT2D eigenvalue weighted by molar-refractivity contribution is -0.572. The molecule has 0 aliphatic rings. The quantitative estimate of drug-likeness (QED) is 0.263. The van der Waals surface area contributed by atoms with Crippen LogP contribution in [0.1, 0.15) is 40.5 Å². The van der Waals surface area contributed by atoms with Gasteiger partial charge in [-0.15, -0.1) is 0 Å². The van der Waals surface area contributed by atoms with Gasteiger partial charge >= 0.3 is 0 Å². The maximum atomic E-state index is 11.2. The van der Waals surface area contributed by atoms with E-state index in [4.69, 9.17) is 0 Å². The van der Waals surface area contributed by atoms with Crippen molar-refractivity contribution in [3.8, 4) is 0 Å². The lowest BCUT2D eigenvalue weighted by Gasteiger charge is -2.32. The second-order valence-electron chi connectivity index (χ2n) is 6.83. The lowest BCUT2D eigenvalue weighted by atomic mass is 9.95. The zero-order chi connectivity index (χ0) is 19.0. The Morgan fingerprint density at radius 3 is 1.62 bits per heavy atom. The van der Waals surface area contributed by atoms with Crippen LogP contribution in [0.2, 0.25) is 0 Å². The van der Waals surface area contributed by atoms with Crippen molar-refractivity contribution in [3.63, 3.8) is 0 Å². The largest absolute Gasteiger partial charge is 0.389 e. The van der Waals surface area contributed by atoms with Crippen LogP contribution in [-0.4, -0.2) is 69.5 Å².